The highest BCUT2D eigenvalue weighted by atomic mass is 32.1. The van der Waals surface area contributed by atoms with Crippen molar-refractivity contribution in [2.45, 2.75) is 158 Å². The molecule has 4 atom stereocenters. The van der Waals surface area contributed by atoms with Gasteiger partial charge >= 0.3 is 0 Å². The molecule has 374 valence electrons. The van der Waals surface area contributed by atoms with Crippen LogP contribution in [0.15, 0.2) is 29.1 Å². The van der Waals surface area contributed by atoms with E-state index in [1.807, 2.05) is 6.20 Å². The second kappa shape index (κ2) is 29.6. The molecule has 0 bridgehead atoms. The number of pyridine rings is 1. The van der Waals surface area contributed by atoms with Crippen molar-refractivity contribution in [3.63, 3.8) is 0 Å². The van der Waals surface area contributed by atoms with Crippen LogP contribution in [0.3, 0.4) is 0 Å². The third kappa shape index (κ3) is 16.4. The van der Waals surface area contributed by atoms with Crippen LogP contribution in [-0.2, 0) is 18.9 Å². The van der Waals surface area contributed by atoms with Crippen molar-refractivity contribution in [2.24, 2.45) is 34.5 Å². The molecule has 9 nitrogen and oxygen atoms in total. The Morgan fingerprint density at radius 3 is 1.21 bits per heavy atom. The minimum Gasteiger partial charge on any atom is -0.488 e. The summed E-state index contributed by atoms with van der Waals surface area (Å²) in [5.41, 5.74) is 0.985. The van der Waals surface area contributed by atoms with Gasteiger partial charge in [0, 0.05) is 48.9 Å². The number of hydrogen-bond acceptors (Lipinski definition) is 11. The maximum atomic E-state index is 6.77. The van der Waals surface area contributed by atoms with E-state index < -0.39 is 10.8 Å². The number of fused-ring (bicyclic) bond motifs is 2. The molecule has 3 aromatic heterocycles. The Morgan fingerprint density at radius 2 is 0.864 bits per heavy atom. The first-order chi connectivity index (χ1) is 32.3. The molecule has 0 spiro atoms. The Kier molecular flexibility index (Phi) is 24.4. The van der Waals surface area contributed by atoms with Gasteiger partial charge in [0.25, 0.3) is 0 Å². The summed E-state index contributed by atoms with van der Waals surface area (Å²) in [6.07, 6.45) is 21.0. The normalized spacial score (nSPS) is 20.1. The summed E-state index contributed by atoms with van der Waals surface area (Å²) in [5.74, 6) is 5.29. The molecule has 4 unspecified atom stereocenters. The van der Waals surface area contributed by atoms with Gasteiger partial charge in [-0.25, -0.2) is 0 Å². The average molecular weight is 956 g/mol. The van der Waals surface area contributed by atoms with Gasteiger partial charge in [0.05, 0.1) is 52.7 Å². The van der Waals surface area contributed by atoms with Crippen LogP contribution < -0.4 is 18.9 Å². The van der Waals surface area contributed by atoms with Crippen LogP contribution >= 0.6 is 22.7 Å². The number of hydrogen-bond donors (Lipinski definition) is 0. The van der Waals surface area contributed by atoms with Crippen LogP contribution in [0.2, 0.25) is 0 Å². The average Bonchev–Trinajstić information content (AvgIpc) is 3.85. The lowest BCUT2D eigenvalue weighted by atomic mass is 9.91. The van der Waals surface area contributed by atoms with Crippen molar-refractivity contribution in [2.75, 3.05) is 79.3 Å². The number of ether oxygens (including phenoxy) is 8. The second-order valence-electron chi connectivity index (χ2n) is 19.8. The summed E-state index contributed by atoms with van der Waals surface area (Å²) in [6.45, 7) is 25.1. The van der Waals surface area contributed by atoms with E-state index in [0.717, 1.165) is 96.1 Å². The highest BCUT2D eigenvalue weighted by molar-refractivity contribution is 7.14. The molecule has 0 aromatic carbocycles. The maximum Gasteiger partial charge on any atom is 0.181 e. The zero-order valence-corrected chi connectivity index (χ0v) is 44.2. The molecule has 0 saturated carbocycles. The molecule has 5 rings (SSSR count). The van der Waals surface area contributed by atoms with Gasteiger partial charge < -0.3 is 37.9 Å². The predicted octanol–water partition coefficient (Wildman–Crippen LogP) is 15.0. The minimum absolute atomic E-state index is 0.420. The molecule has 2 aliphatic heterocycles. The van der Waals surface area contributed by atoms with Crippen molar-refractivity contribution in [1.29, 1.82) is 0 Å². The summed E-state index contributed by atoms with van der Waals surface area (Å²) in [6, 6.07) is 4.21. The number of nitrogens with zero attached hydrogens (tertiary/aromatic N) is 1. The van der Waals surface area contributed by atoms with Gasteiger partial charge in [0.2, 0.25) is 0 Å². The van der Waals surface area contributed by atoms with Crippen molar-refractivity contribution in [1.82, 2.24) is 4.98 Å². The molecule has 0 amide bonds. The van der Waals surface area contributed by atoms with Gasteiger partial charge in [0.15, 0.2) is 23.0 Å². The standard InChI is InChI=1S/C55H89NO8S2/c1-9-17-21-42(13-5)28-57-34-54(35-58-29-43(14-6)22-18-10-2)38-61-48-32-65-52(50(48)63-40-54)46-25-26-47(56-27-46)53-51-49(33-66-53)62-39-55(41-64-51,36-59-30-44(15-7)23-19-11-3)37-60-31-45(16-8)24-20-12-4/h25-27,32-33,42-45H,9-24,28-31,34-41H2,1-8H3. The Labute approximate surface area is 408 Å². The van der Waals surface area contributed by atoms with Crippen LogP contribution in [0.1, 0.15) is 158 Å². The monoisotopic (exact) mass is 956 g/mol. The highest BCUT2D eigenvalue weighted by Crippen LogP contribution is 2.49. The SMILES string of the molecule is CCCCC(CC)COCC1(COCC(CC)CCCC)COc2csc(-c3ccc(-c4scc5c4OCC(COCC(CC)CCCC)(COCC(CC)CCCC)CO5)nc3)c2OC1. The van der Waals surface area contributed by atoms with E-state index in [4.69, 9.17) is 42.9 Å². The van der Waals surface area contributed by atoms with Crippen LogP contribution in [0, 0.1) is 34.5 Å². The summed E-state index contributed by atoms with van der Waals surface area (Å²) in [5, 5.41) is 4.12. The topological polar surface area (TPSA) is 86.7 Å². The Bertz CT molecular complexity index is 1580. The molecule has 2 aliphatic rings. The fraction of sp³-hybridized carbons (Fsp3) is 0.764. The Hall–Kier alpha value is -2.41. The van der Waals surface area contributed by atoms with Gasteiger partial charge in [-0.15, -0.1) is 22.7 Å². The zero-order chi connectivity index (χ0) is 47.0. The predicted molar refractivity (Wildman–Crippen MR) is 274 cm³/mol. The molecule has 66 heavy (non-hydrogen) atoms. The van der Waals surface area contributed by atoms with Crippen LogP contribution in [0.4, 0.5) is 0 Å². The smallest absolute Gasteiger partial charge is 0.181 e. The van der Waals surface area contributed by atoms with E-state index in [9.17, 15) is 0 Å². The number of rotatable bonds is 34. The van der Waals surface area contributed by atoms with Crippen molar-refractivity contribution < 1.29 is 37.9 Å². The van der Waals surface area contributed by atoms with Gasteiger partial charge in [-0.1, -0.05) is 132 Å². The molecule has 5 heterocycles. The van der Waals surface area contributed by atoms with Gasteiger partial charge in [-0.05, 0) is 61.5 Å². The van der Waals surface area contributed by atoms with E-state index in [2.05, 4.69) is 78.3 Å². The van der Waals surface area contributed by atoms with Crippen molar-refractivity contribution in [3.8, 4) is 44.0 Å². The number of thiophene rings is 2. The van der Waals surface area contributed by atoms with E-state index >= 15 is 0 Å². The molecular formula is C55H89NO8S2. The van der Waals surface area contributed by atoms with E-state index in [0.29, 0.717) is 76.5 Å². The van der Waals surface area contributed by atoms with E-state index in [1.54, 1.807) is 22.7 Å². The van der Waals surface area contributed by atoms with Crippen molar-refractivity contribution >= 4 is 22.7 Å². The van der Waals surface area contributed by atoms with Crippen molar-refractivity contribution in [3.05, 3.63) is 29.1 Å². The second-order valence-corrected chi connectivity index (χ2v) is 21.6. The lowest BCUT2D eigenvalue weighted by Crippen LogP contribution is -2.43. The first-order valence-corrected chi connectivity index (χ1v) is 28.1. The summed E-state index contributed by atoms with van der Waals surface area (Å²) in [4.78, 5) is 6.99. The van der Waals surface area contributed by atoms with E-state index in [-0.39, 0.29) is 0 Å². The molecule has 0 N–H and O–H groups in total. The summed E-state index contributed by atoms with van der Waals surface area (Å²) >= 11 is 3.24. The number of aromatic nitrogens is 1. The quantitative estimate of drug-likeness (QED) is 0.0581. The summed E-state index contributed by atoms with van der Waals surface area (Å²) < 4.78 is 52.9. The molecular weight excluding hydrogens is 867 g/mol. The number of unbranched alkanes of at least 4 members (excludes halogenated alkanes) is 4. The molecule has 0 radical (unpaired) electrons. The third-order valence-electron chi connectivity index (χ3n) is 14.0. The Morgan fingerprint density at radius 1 is 0.500 bits per heavy atom. The maximum absolute atomic E-state index is 6.77. The molecule has 0 saturated heterocycles. The van der Waals surface area contributed by atoms with Gasteiger partial charge in [-0.2, -0.15) is 0 Å². The van der Waals surface area contributed by atoms with Crippen LogP contribution in [-0.4, -0.2) is 84.3 Å². The highest BCUT2D eigenvalue weighted by Gasteiger charge is 2.40. The third-order valence-corrected chi connectivity index (χ3v) is 16.0. The lowest BCUT2D eigenvalue weighted by molar-refractivity contribution is -0.0715. The fourth-order valence-electron chi connectivity index (χ4n) is 8.95. The van der Waals surface area contributed by atoms with E-state index in [1.165, 1.54) is 77.0 Å². The zero-order valence-electron chi connectivity index (χ0n) is 42.5. The largest absolute Gasteiger partial charge is 0.488 e. The first kappa shape index (κ1) is 54.5. The first-order valence-electron chi connectivity index (χ1n) is 26.3. The van der Waals surface area contributed by atoms with Crippen LogP contribution in [0.25, 0.3) is 21.0 Å². The molecule has 3 aromatic rings. The minimum atomic E-state index is -0.425. The van der Waals surface area contributed by atoms with Gasteiger partial charge in [-0.3, -0.25) is 4.98 Å². The fourth-order valence-corrected chi connectivity index (χ4v) is 10.8. The molecule has 11 heteroatoms. The van der Waals surface area contributed by atoms with Gasteiger partial charge in [0.1, 0.15) is 26.4 Å². The summed E-state index contributed by atoms with van der Waals surface area (Å²) in [7, 11) is 0. The van der Waals surface area contributed by atoms with Crippen LogP contribution in [0.5, 0.6) is 23.0 Å². The molecule has 0 fully saturated rings. The molecule has 0 aliphatic carbocycles. The Balaban J connectivity index is 1.28. The lowest BCUT2D eigenvalue weighted by Gasteiger charge is -2.32.